The predicted octanol–water partition coefficient (Wildman–Crippen LogP) is 4.93. The molecular formula is C26H20N2O4S. The zero-order valence-corrected chi connectivity index (χ0v) is 18.6. The fourth-order valence-electron chi connectivity index (χ4n) is 4.51. The lowest BCUT2D eigenvalue weighted by Gasteiger charge is -2.13. The van der Waals surface area contributed by atoms with E-state index in [1.165, 1.54) is 22.9 Å². The van der Waals surface area contributed by atoms with Crippen LogP contribution in [0.4, 0.5) is 0 Å². The molecule has 6 nitrogen and oxygen atoms in total. The van der Waals surface area contributed by atoms with E-state index < -0.39 is 0 Å². The standard InChI is InChI=1S/C26H20N2O4S/c29-24-13-18(21-11-16-5-3-6-17(16)12-23(21)32-24)15-33-26-27-22-9-2-1-8-20(22)25(30)28(26)14-19-7-4-10-31-19/h1-2,4,7-13H,3,5-6,14-15H2. The third-order valence-corrected chi connectivity index (χ3v) is 7.15. The number of fused-ring (bicyclic) bond motifs is 3. The first-order valence-electron chi connectivity index (χ1n) is 10.9. The van der Waals surface area contributed by atoms with Crippen LogP contribution in [0.5, 0.6) is 0 Å². The maximum atomic E-state index is 13.3. The van der Waals surface area contributed by atoms with Gasteiger partial charge in [0.1, 0.15) is 11.3 Å². The maximum absolute atomic E-state index is 13.3. The Morgan fingerprint density at radius 3 is 2.67 bits per heavy atom. The average Bonchev–Trinajstić information content (AvgIpc) is 3.50. The van der Waals surface area contributed by atoms with E-state index in [1.807, 2.05) is 30.3 Å². The molecule has 0 fully saturated rings. The summed E-state index contributed by atoms with van der Waals surface area (Å²) in [5.41, 5.74) is 4.26. The first-order valence-corrected chi connectivity index (χ1v) is 11.9. The lowest BCUT2D eigenvalue weighted by molar-refractivity contribution is 0.476. The van der Waals surface area contributed by atoms with Crippen LogP contribution in [0.2, 0.25) is 0 Å². The molecule has 0 amide bonds. The van der Waals surface area contributed by atoms with Crippen LogP contribution in [-0.2, 0) is 25.1 Å². The van der Waals surface area contributed by atoms with Crippen molar-refractivity contribution in [3.63, 3.8) is 0 Å². The summed E-state index contributed by atoms with van der Waals surface area (Å²) >= 11 is 1.44. The van der Waals surface area contributed by atoms with Gasteiger partial charge in [-0.05, 0) is 72.4 Å². The van der Waals surface area contributed by atoms with E-state index >= 15 is 0 Å². The van der Waals surface area contributed by atoms with Gasteiger partial charge in [0.2, 0.25) is 0 Å². The molecule has 0 spiro atoms. The summed E-state index contributed by atoms with van der Waals surface area (Å²) in [5, 5.41) is 2.09. The van der Waals surface area contributed by atoms with Gasteiger partial charge in [-0.15, -0.1) is 0 Å². The Morgan fingerprint density at radius 1 is 0.970 bits per heavy atom. The zero-order chi connectivity index (χ0) is 22.4. The lowest BCUT2D eigenvalue weighted by Crippen LogP contribution is -2.23. The molecule has 0 aliphatic heterocycles. The molecule has 5 aromatic rings. The highest BCUT2D eigenvalue weighted by Crippen LogP contribution is 2.31. The summed E-state index contributed by atoms with van der Waals surface area (Å²) in [5.74, 6) is 1.17. The van der Waals surface area contributed by atoms with Gasteiger partial charge in [-0.2, -0.15) is 0 Å². The Kier molecular flexibility index (Phi) is 4.91. The number of rotatable bonds is 5. The Balaban J connectivity index is 1.43. The van der Waals surface area contributed by atoms with Gasteiger partial charge < -0.3 is 8.83 Å². The molecule has 0 bridgehead atoms. The van der Waals surface area contributed by atoms with Gasteiger partial charge in [-0.3, -0.25) is 9.36 Å². The van der Waals surface area contributed by atoms with Gasteiger partial charge in [-0.1, -0.05) is 23.9 Å². The van der Waals surface area contributed by atoms with E-state index in [0.29, 0.717) is 33.2 Å². The first kappa shape index (κ1) is 20.1. The lowest BCUT2D eigenvalue weighted by atomic mass is 10.0. The predicted molar refractivity (Wildman–Crippen MR) is 128 cm³/mol. The van der Waals surface area contributed by atoms with Gasteiger partial charge in [0.05, 0.1) is 23.7 Å². The molecule has 6 rings (SSSR count). The fourth-order valence-corrected chi connectivity index (χ4v) is 5.50. The Hall–Kier alpha value is -3.58. The molecule has 7 heteroatoms. The van der Waals surface area contributed by atoms with Crippen LogP contribution in [0.1, 0.15) is 28.9 Å². The smallest absolute Gasteiger partial charge is 0.336 e. The molecule has 0 saturated heterocycles. The molecule has 1 aliphatic rings. The Morgan fingerprint density at radius 2 is 1.82 bits per heavy atom. The minimum Gasteiger partial charge on any atom is -0.467 e. The van der Waals surface area contributed by atoms with Crippen molar-refractivity contribution in [1.29, 1.82) is 0 Å². The number of aromatic nitrogens is 2. The van der Waals surface area contributed by atoms with E-state index in [4.69, 9.17) is 13.8 Å². The van der Waals surface area contributed by atoms with Gasteiger partial charge in [0.25, 0.3) is 5.56 Å². The van der Waals surface area contributed by atoms with E-state index in [2.05, 4.69) is 6.07 Å². The topological polar surface area (TPSA) is 78.2 Å². The number of hydrogen-bond acceptors (Lipinski definition) is 6. The second-order valence-electron chi connectivity index (χ2n) is 8.23. The first-order chi connectivity index (χ1) is 16.2. The van der Waals surface area contributed by atoms with Crippen LogP contribution in [0.15, 0.2) is 84.4 Å². The minimum atomic E-state index is -0.365. The van der Waals surface area contributed by atoms with Crippen molar-refractivity contribution in [1.82, 2.24) is 9.55 Å². The SMILES string of the molecule is O=c1cc(CSc2nc3ccccc3c(=O)n2Cc2ccco2)c2cc3c(cc2o1)CCC3. The summed E-state index contributed by atoms with van der Waals surface area (Å²) in [6, 6.07) is 16.7. The Labute approximate surface area is 192 Å². The average molecular weight is 457 g/mol. The van der Waals surface area contributed by atoms with Gasteiger partial charge >= 0.3 is 5.63 Å². The van der Waals surface area contributed by atoms with E-state index in [1.54, 1.807) is 29.0 Å². The Bertz CT molecular complexity index is 1620. The zero-order valence-electron chi connectivity index (χ0n) is 17.7. The van der Waals surface area contributed by atoms with Crippen LogP contribution in [0.25, 0.3) is 21.9 Å². The van der Waals surface area contributed by atoms with Crippen LogP contribution in [0.3, 0.4) is 0 Å². The molecule has 3 aromatic heterocycles. The molecule has 164 valence electrons. The van der Waals surface area contributed by atoms with Gasteiger partial charge in [-0.25, -0.2) is 9.78 Å². The third-order valence-electron chi connectivity index (χ3n) is 6.12. The van der Waals surface area contributed by atoms with Crippen LogP contribution < -0.4 is 11.2 Å². The van der Waals surface area contributed by atoms with Crippen molar-refractivity contribution < 1.29 is 8.83 Å². The van der Waals surface area contributed by atoms with Crippen LogP contribution >= 0.6 is 11.8 Å². The second-order valence-corrected chi connectivity index (χ2v) is 9.17. The monoisotopic (exact) mass is 456 g/mol. The van der Waals surface area contributed by atoms with E-state index in [9.17, 15) is 9.59 Å². The van der Waals surface area contributed by atoms with Crippen LogP contribution in [0, 0.1) is 0 Å². The second kappa shape index (κ2) is 8.08. The fraction of sp³-hybridized carbons (Fsp3) is 0.192. The minimum absolute atomic E-state index is 0.116. The highest BCUT2D eigenvalue weighted by Gasteiger charge is 2.17. The molecule has 1 aliphatic carbocycles. The number of hydrogen-bond donors (Lipinski definition) is 0. The van der Waals surface area contributed by atoms with Crippen molar-refractivity contribution in [2.24, 2.45) is 0 Å². The quantitative estimate of drug-likeness (QED) is 0.212. The molecule has 0 radical (unpaired) electrons. The van der Waals surface area contributed by atoms with Crippen molar-refractivity contribution >= 4 is 33.6 Å². The molecule has 3 heterocycles. The number of nitrogens with zero attached hydrogens (tertiary/aromatic N) is 2. The van der Waals surface area contributed by atoms with E-state index in [0.717, 1.165) is 30.2 Å². The molecular weight excluding hydrogens is 436 g/mol. The number of furan rings is 1. The van der Waals surface area contributed by atoms with Crippen molar-refractivity contribution in [2.45, 2.75) is 36.7 Å². The number of aryl methyl sites for hydroxylation is 2. The molecule has 0 N–H and O–H groups in total. The molecule has 0 atom stereocenters. The summed E-state index contributed by atoms with van der Waals surface area (Å²) in [6.45, 7) is 0.289. The summed E-state index contributed by atoms with van der Waals surface area (Å²) in [4.78, 5) is 30.3. The number of thioether (sulfide) groups is 1. The normalized spacial score (nSPS) is 13.1. The molecule has 2 aromatic carbocycles. The van der Waals surface area contributed by atoms with E-state index in [-0.39, 0.29) is 17.7 Å². The summed E-state index contributed by atoms with van der Waals surface area (Å²) in [7, 11) is 0. The van der Waals surface area contributed by atoms with Gasteiger partial charge in [0.15, 0.2) is 5.16 Å². The summed E-state index contributed by atoms with van der Waals surface area (Å²) in [6.07, 6.45) is 4.79. The highest BCUT2D eigenvalue weighted by atomic mass is 32.2. The maximum Gasteiger partial charge on any atom is 0.336 e. The number of benzene rings is 2. The van der Waals surface area contributed by atoms with Crippen LogP contribution in [-0.4, -0.2) is 9.55 Å². The number of para-hydroxylation sites is 1. The third kappa shape index (κ3) is 3.68. The van der Waals surface area contributed by atoms with Crippen molar-refractivity contribution in [3.05, 3.63) is 104 Å². The van der Waals surface area contributed by atoms with Gasteiger partial charge in [0, 0.05) is 17.2 Å². The highest BCUT2D eigenvalue weighted by molar-refractivity contribution is 7.98. The molecule has 0 saturated carbocycles. The molecule has 33 heavy (non-hydrogen) atoms. The largest absolute Gasteiger partial charge is 0.467 e. The summed E-state index contributed by atoms with van der Waals surface area (Å²) < 4.78 is 12.6. The molecule has 0 unspecified atom stereocenters. The van der Waals surface area contributed by atoms with Crippen molar-refractivity contribution in [2.75, 3.05) is 0 Å². The van der Waals surface area contributed by atoms with Crippen molar-refractivity contribution in [3.8, 4) is 0 Å².